The zero-order chi connectivity index (χ0) is 15.8. The Labute approximate surface area is 136 Å². The molecule has 2 N–H and O–H groups in total. The number of rotatable bonds is 4. The second-order valence-corrected chi connectivity index (χ2v) is 7.25. The van der Waals surface area contributed by atoms with Crippen molar-refractivity contribution in [2.75, 3.05) is 19.6 Å². The fraction of sp³-hybridized carbons (Fsp3) is 0.812. The monoisotopic (exact) mass is 318 g/mol. The van der Waals surface area contributed by atoms with E-state index in [-0.39, 0.29) is 11.9 Å². The minimum atomic E-state index is -0.0833. The summed E-state index contributed by atoms with van der Waals surface area (Å²) in [6.45, 7) is 5.24. The molecule has 3 heterocycles. The van der Waals surface area contributed by atoms with Gasteiger partial charge in [0.1, 0.15) is 0 Å². The number of likely N-dealkylation sites (tertiary alicyclic amines) is 1. The number of hydrogen-bond donors (Lipinski definition) is 2. The van der Waals surface area contributed by atoms with Gasteiger partial charge in [-0.3, -0.25) is 9.69 Å². The molecule has 3 fully saturated rings. The van der Waals surface area contributed by atoms with E-state index >= 15 is 0 Å². The summed E-state index contributed by atoms with van der Waals surface area (Å²) in [5.74, 6) is -0.0833. The van der Waals surface area contributed by atoms with Gasteiger partial charge in [0.25, 0.3) is 5.91 Å². The van der Waals surface area contributed by atoms with Crippen molar-refractivity contribution in [1.29, 1.82) is 0 Å². The Kier molecular flexibility index (Phi) is 4.07. The molecule has 3 aliphatic rings. The van der Waals surface area contributed by atoms with E-state index in [9.17, 15) is 4.79 Å². The summed E-state index contributed by atoms with van der Waals surface area (Å²) in [7, 11) is 0. The first-order valence-electron chi connectivity index (χ1n) is 8.90. The summed E-state index contributed by atoms with van der Waals surface area (Å²) in [6.07, 6.45) is 7.56. The van der Waals surface area contributed by atoms with Crippen molar-refractivity contribution in [3.05, 3.63) is 11.9 Å². The summed E-state index contributed by atoms with van der Waals surface area (Å²) < 4.78 is 1.86. The van der Waals surface area contributed by atoms with Crippen LogP contribution in [0, 0.1) is 0 Å². The standard InChI is InChI=1S/C16H26N6O/c1-11-8-12(9-21(11)13-2-3-13)18-16(23)15-10-22(20-19-15)14-4-6-17-7-5-14/h10-14,17H,2-9H2,1H3,(H,18,23). The fourth-order valence-electron chi connectivity index (χ4n) is 3.97. The number of nitrogens with one attached hydrogen (secondary N) is 2. The Morgan fingerprint density at radius 1 is 1.26 bits per heavy atom. The van der Waals surface area contributed by atoms with Gasteiger partial charge in [-0.25, -0.2) is 4.68 Å². The van der Waals surface area contributed by atoms with E-state index < -0.39 is 0 Å². The second-order valence-electron chi connectivity index (χ2n) is 7.25. The van der Waals surface area contributed by atoms with Crippen molar-refractivity contribution < 1.29 is 4.79 Å². The highest BCUT2D eigenvalue weighted by Gasteiger charge is 2.39. The first kappa shape index (κ1) is 15.1. The zero-order valence-corrected chi connectivity index (χ0v) is 13.7. The second kappa shape index (κ2) is 6.20. The molecule has 1 saturated carbocycles. The molecule has 4 rings (SSSR count). The van der Waals surface area contributed by atoms with E-state index in [2.05, 4.69) is 32.8 Å². The first-order valence-corrected chi connectivity index (χ1v) is 8.90. The van der Waals surface area contributed by atoms with E-state index in [4.69, 9.17) is 0 Å². The van der Waals surface area contributed by atoms with Crippen molar-refractivity contribution in [2.24, 2.45) is 0 Å². The topological polar surface area (TPSA) is 75.1 Å². The lowest BCUT2D eigenvalue weighted by Gasteiger charge is -2.22. The Balaban J connectivity index is 1.35. The number of nitrogens with zero attached hydrogens (tertiary/aromatic N) is 4. The summed E-state index contributed by atoms with van der Waals surface area (Å²) >= 11 is 0. The van der Waals surface area contributed by atoms with Gasteiger partial charge in [0.15, 0.2) is 5.69 Å². The minimum Gasteiger partial charge on any atom is -0.347 e. The quantitative estimate of drug-likeness (QED) is 0.848. The van der Waals surface area contributed by atoms with Crippen LogP contribution in [0.15, 0.2) is 6.20 Å². The average Bonchev–Trinajstić information content (AvgIpc) is 3.16. The van der Waals surface area contributed by atoms with Gasteiger partial charge in [-0.05, 0) is 52.1 Å². The van der Waals surface area contributed by atoms with E-state index in [1.165, 1.54) is 12.8 Å². The summed E-state index contributed by atoms with van der Waals surface area (Å²) in [6, 6.07) is 1.93. The minimum absolute atomic E-state index is 0.0833. The molecule has 23 heavy (non-hydrogen) atoms. The molecule has 126 valence electrons. The van der Waals surface area contributed by atoms with E-state index in [0.29, 0.717) is 17.8 Å². The summed E-state index contributed by atoms with van der Waals surface area (Å²) in [4.78, 5) is 15.0. The van der Waals surface area contributed by atoms with Gasteiger partial charge in [0.2, 0.25) is 0 Å². The molecule has 2 atom stereocenters. The van der Waals surface area contributed by atoms with Gasteiger partial charge >= 0.3 is 0 Å². The molecule has 1 aliphatic carbocycles. The van der Waals surface area contributed by atoms with E-state index in [1.54, 1.807) is 0 Å². The van der Waals surface area contributed by atoms with Crippen LogP contribution in [-0.2, 0) is 0 Å². The highest BCUT2D eigenvalue weighted by atomic mass is 16.2. The van der Waals surface area contributed by atoms with Crippen LogP contribution in [-0.4, -0.2) is 63.6 Å². The van der Waals surface area contributed by atoms with Crippen LogP contribution in [0.25, 0.3) is 0 Å². The third kappa shape index (κ3) is 3.26. The molecule has 2 aliphatic heterocycles. The number of piperidine rings is 1. The van der Waals surface area contributed by atoms with Gasteiger partial charge in [-0.2, -0.15) is 0 Å². The lowest BCUT2D eigenvalue weighted by Crippen LogP contribution is -2.37. The van der Waals surface area contributed by atoms with Crippen molar-refractivity contribution in [2.45, 2.75) is 63.2 Å². The average molecular weight is 318 g/mol. The molecule has 2 unspecified atom stereocenters. The number of aromatic nitrogens is 3. The fourth-order valence-corrected chi connectivity index (χ4v) is 3.97. The molecule has 2 saturated heterocycles. The van der Waals surface area contributed by atoms with Crippen molar-refractivity contribution in [3.8, 4) is 0 Å². The lowest BCUT2D eigenvalue weighted by molar-refractivity contribution is 0.0932. The first-order chi connectivity index (χ1) is 11.2. The summed E-state index contributed by atoms with van der Waals surface area (Å²) in [5.41, 5.74) is 0.445. The Hall–Kier alpha value is -1.47. The smallest absolute Gasteiger partial charge is 0.273 e. The Morgan fingerprint density at radius 3 is 2.78 bits per heavy atom. The zero-order valence-electron chi connectivity index (χ0n) is 13.7. The number of carbonyl (C=O) groups excluding carboxylic acids is 1. The molecule has 1 aromatic rings. The van der Waals surface area contributed by atoms with Crippen LogP contribution in [0.1, 0.15) is 55.6 Å². The third-order valence-corrected chi connectivity index (χ3v) is 5.40. The van der Waals surface area contributed by atoms with Crippen molar-refractivity contribution in [1.82, 2.24) is 30.5 Å². The molecular weight excluding hydrogens is 292 g/mol. The molecule has 0 spiro atoms. The largest absolute Gasteiger partial charge is 0.347 e. The lowest BCUT2D eigenvalue weighted by atomic mass is 10.1. The van der Waals surface area contributed by atoms with Gasteiger partial charge < -0.3 is 10.6 Å². The van der Waals surface area contributed by atoms with Gasteiger partial charge in [-0.1, -0.05) is 5.21 Å². The molecule has 1 aromatic heterocycles. The Bertz CT molecular complexity index is 563. The highest BCUT2D eigenvalue weighted by molar-refractivity contribution is 5.92. The van der Waals surface area contributed by atoms with Crippen LogP contribution in [0.5, 0.6) is 0 Å². The van der Waals surface area contributed by atoms with E-state index in [1.807, 2.05) is 10.9 Å². The molecule has 0 bridgehead atoms. The van der Waals surface area contributed by atoms with Crippen molar-refractivity contribution >= 4 is 5.91 Å². The maximum atomic E-state index is 12.4. The molecule has 7 nitrogen and oxygen atoms in total. The molecule has 7 heteroatoms. The molecule has 0 radical (unpaired) electrons. The van der Waals surface area contributed by atoms with Crippen LogP contribution < -0.4 is 10.6 Å². The van der Waals surface area contributed by atoms with Gasteiger partial charge in [0.05, 0.1) is 12.2 Å². The summed E-state index contributed by atoms with van der Waals surface area (Å²) in [5, 5.41) is 14.7. The third-order valence-electron chi connectivity index (χ3n) is 5.40. The van der Waals surface area contributed by atoms with Crippen LogP contribution in [0.3, 0.4) is 0 Å². The molecule has 0 aromatic carbocycles. The normalized spacial score (nSPS) is 29.8. The molecular formula is C16H26N6O. The maximum absolute atomic E-state index is 12.4. The van der Waals surface area contributed by atoms with Crippen LogP contribution in [0.4, 0.5) is 0 Å². The van der Waals surface area contributed by atoms with E-state index in [0.717, 1.165) is 44.9 Å². The SMILES string of the molecule is CC1CC(NC(=O)c2cn(C3CCNCC3)nn2)CN1C1CC1. The number of hydrogen-bond acceptors (Lipinski definition) is 5. The maximum Gasteiger partial charge on any atom is 0.273 e. The van der Waals surface area contributed by atoms with Gasteiger partial charge in [0, 0.05) is 24.7 Å². The number of carbonyl (C=O) groups is 1. The number of amides is 1. The van der Waals surface area contributed by atoms with Crippen LogP contribution >= 0.6 is 0 Å². The van der Waals surface area contributed by atoms with Crippen LogP contribution in [0.2, 0.25) is 0 Å². The Morgan fingerprint density at radius 2 is 2.04 bits per heavy atom. The predicted octanol–water partition coefficient (Wildman–Crippen LogP) is 0.558. The van der Waals surface area contributed by atoms with Crippen molar-refractivity contribution in [3.63, 3.8) is 0 Å². The highest BCUT2D eigenvalue weighted by Crippen LogP contribution is 2.33. The van der Waals surface area contributed by atoms with Gasteiger partial charge in [-0.15, -0.1) is 5.10 Å². The molecule has 1 amide bonds. The predicted molar refractivity (Wildman–Crippen MR) is 86.2 cm³/mol.